The summed E-state index contributed by atoms with van der Waals surface area (Å²) in [6.07, 6.45) is 2.65. The number of nitrogens with one attached hydrogen (secondary N) is 1. The van der Waals surface area contributed by atoms with Gasteiger partial charge in [0.15, 0.2) is 0 Å². The Kier molecular flexibility index (Phi) is 10.9. The second-order valence-electron chi connectivity index (χ2n) is 9.10. The van der Waals surface area contributed by atoms with E-state index >= 15 is 0 Å². The lowest BCUT2D eigenvalue weighted by molar-refractivity contribution is -0.139. The molecule has 0 aliphatic rings. The summed E-state index contributed by atoms with van der Waals surface area (Å²) in [6, 6.07) is 19.7. The van der Waals surface area contributed by atoms with Crippen LogP contribution in [0.15, 0.2) is 82.6 Å². The normalized spacial score (nSPS) is 12.0. The average Bonchev–Trinajstić information content (AvgIpc) is 2.94. The first-order valence-corrected chi connectivity index (χ1v) is 15.7. The highest BCUT2D eigenvalue weighted by molar-refractivity contribution is 7.98. The highest BCUT2D eigenvalue weighted by Gasteiger charge is 2.32. The van der Waals surface area contributed by atoms with Gasteiger partial charge in [-0.1, -0.05) is 54.4 Å². The molecular weight excluding hydrogens is 554 g/mol. The number of sulfonamides is 1. The molecule has 0 radical (unpaired) electrons. The van der Waals surface area contributed by atoms with E-state index in [4.69, 9.17) is 11.6 Å². The fraction of sp³-hybridized carbons (Fsp3) is 0.310. The summed E-state index contributed by atoms with van der Waals surface area (Å²) in [5.41, 5.74) is 1.96. The molecule has 0 spiro atoms. The Morgan fingerprint density at radius 2 is 1.64 bits per heavy atom. The summed E-state index contributed by atoms with van der Waals surface area (Å²) in [6.45, 7) is 5.48. The molecule has 208 valence electrons. The monoisotopic (exact) mass is 587 g/mol. The molecule has 0 bridgehead atoms. The van der Waals surface area contributed by atoms with Crippen molar-refractivity contribution in [2.75, 3.05) is 23.7 Å². The fourth-order valence-corrected chi connectivity index (χ4v) is 5.92. The highest BCUT2D eigenvalue weighted by Crippen LogP contribution is 2.27. The number of nitrogens with zero attached hydrogens (tertiary/aromatic N) is 2. The Morgan fingerprint density at radius 1 is 1.00 bits per heavy atom. The molecule has 0 aliphatic heterocycles. The number of hydrogen-bond donors (Lipinski definition) is 1. The summed E-state index contributed by atoms with van der Waals surface area (Å²) in [5.74, 6) is -0.853. The van der Waals surface area contributed by atoms with Crippen LogP contribution < -0.4 is 9.62 Å². The van der Waals surface area contributed by atoms with Gasteiger partial charge in [-0.15, -0.1) is 11.8 Å². The second-order valence-corrected chi connectivity index (χ2v) is 12.3. The van der Waals surface area contributed by atoms with Crippen molar-refractivity contribution in [3.63, 3.8) is 0 Å². The van der Waals surface area contributed by atoms with Crippen LogP contribution in [0.25, 0.3) is 0 Å². The lowest BCUT2D eigenvalue weighted by atomic mass is 10.1. The van der Waals surface area contributed by atoms with Crippen LogP contribution in [0.5, 0.6) is 0 Å². The van der Waals surface area contributed by atoms with Gasteiger partial charge in [0.25, 0.3) is 10.0 Å². The number of amides is 2. The number of carbonyl (C=O) groups excluding carboxylic acids is 2. The van der Waals surface area contributed by atoms with Crippen molar-refractivity contribution >= 4 is 50.9 Å². The number of benzene rings is 3. The minimum atomic E-state index is -4.11. The van der Waals surface area contributed by atoms with Gasteiger partial charge in [-0.3, -0.25) is 13.9 Å². The van der Waals surface area contributed by atoms with Gasteiger partial charge in [0.05, 0.1) is 10.6 Å². The summed E-state index contributed by atoms with van der Waals surface area (Å²) >= 11 is 7.89. The standard InChI is InChI=1S/C29H34ClN3O4S2/c1-5-18-31-29(35)22(3)32(19-23-8-6-7-9-27(23)30)28(34)20-33(24-12-10-21(2)11-13-24)39(36,37)26-16-14-25(38-4)15-17-26/h6-17,22H,5,18-20H2,1-4H3,(H,31,35)/t22-/m1/s1. The summed E-state index contributed by atoms with van der Waals surface area (Å²) in [7, 11) is -4.11. The van der Waals surface area contributed by atoms with Crippen molar-refractivity contribution in [1.82, 2.24) is 10.2 Å². The Bertz CT molecular complexity index is 1380. The maximum absolute atomic E-state index is 13.9. The molecule has 0 aliphatic carbocycles. The van der Waals surface area contributed by atoms with Crippen molar-refractivity contribution in [1.29, 1.82) is 0 Å². The molecule has 0 saturated heterocycles. The lowest BCUT2D eigenvalue weighted by Crippen LogP contribution is -2.51. The molecule has 39 heavy (non-hydrogen) atoms. The van der Waals surface area contributed by atoms with E-state index in [0.717, 1.165) is 21.2 Å². The number of aryl methyl sites for hydroxylation is 1. The molecule has 0 saturated carbocycles. The number of carbonyl (C=O) groups is 2. The molecule has 2 amide bonds. The van der Waals surface area contributed by atoms with Crippen molar-refractivity contribution in [2.45, 2.75) is 49.6 Å². The van der Waals surface area contributed by atoms with Crippen molar-refractivity contribution in [3.05, 3.63) is 88.9 Å². The zero-order valence-electron chi connectivity index (χ0n) is 22.6. The van der Waals surface area contributed by atoms with E-state index in [1.807, 2.05) is 20.1 Å². The topological polar surface area (TPSA) is 86.8 Å². The van der Waals surface area contributed by atoms with Gasteiger partial charge in [-0.2, -0.15) is 0 Å². The Labute approximate surface area is 240 Å². The molecule has 7 nitrogen and oxygen atoms in total. The van der Waals surface area contributed by atoms with Crippen molar-refractivity contribution < 1.29 is 18.0 Å². The number of thioether (sulfide) groups is 1. The van der Waals surface area contributed by atoms with E-state index in [9.17, 15) is 18.0 Å². The van der Waals surface area contributed by atoms with Crippen LogP contribution in [0.1, 0.15) is 31.4 Å². The Balaban J connectivity index is 2.02. The zero-order chi connectivity index (χ0) is 28.6. The van der Waals surface area contributed by atoms with Crippen molar-refractivity contribution in [2.24, 2.45) is 0 Å². The van der Waals surface area contributed by atoms with E-state index in [-0.39, 0.29) is 17.3 Å². The van der Waals surface area contributed by atoms with Crippen LogP contribution >= 0.6 is 23.4 Å². The number of hydrogen-bond acceptors (Lipinski definition) is 5. The first kappa shape index (κ1) is 30.5. The molecular formula is C29H34ClN3O4S2. The maximum Gasteiger partial charge on any atom is 0.264 e. The van der Waals surface area contributed by atoms with E-state index < -0.39 is 28.5 Å². The molecule has 3 rings (SSSR count). The van der Waals surface area contributed by atoms with Crippen LogP contribution in [-0.2, 0) is 26.2 Å². The SMILES string of the molecule is CCCNC(=O)[C@@H](C)N(Cc1ccccc1Cl)C(=O)CN(c1ccc(C)cc1)S(=O)(=O)c1ccc(SC)cc1. The van der Waals surface area contributed by atoms with Crippen LogP contribution in [0.3, 0.4) is 0 Å². The summed E-state index contributed by atoms with van der Waals surface area (Å²) < 4.78 is 28.9. The van der Waals surface area contributed by atoms with Gasteiger partial charge in [0.1, 0.15) is 12.6 Å². The van der Waals surface area contributed by atoms with Crippen LogP contribution in [0, 0.1) is 6.92 Å². The van der Waals surface area contributed by atoms with Gasteiger partial charge in [0, 0.05) is 23.0 Å². The first-order valence-electron chi connectivity index (χ1n) is 12.6. The van der Waals surface area contributed by atoms with Gasteiger partial charge in [-0.25, -0.2) is 8.42 Å². The second kappa shape index (κ2) is 13.9. The van der Waals surface area contributed by atoms with Gasteiger partial charge in [0.2, 0.25) is 11.8 Å². The third-order valence-corrected chi connectivity index (χ3v) is 9.16. The van der Waals surface area contributed by atoms with Crippen LogP contribution in [0.4, 0.5) is 5.69 Å². The summed E-state index contributed by atoms with van der Waals surface area (Å²) in [5, 5.41) is 3.28. The van der Waals surface area contributed by atoms with E-state index in [1.165, 1.54) is 28.8 Å². The minimum Gasteiger partial charge on any atom is -0.354 e. The first-order chi connectivity index (χ1) is 18.6. The average molecular weight is 588 g/mol. The van der Waals surface area contributed by atoms with Crippen LogP contribution in [0.2, 0.25) is 5.02 Å². The Morgan fingerprint density at radius 3 is 2.23 bits per heavy atom. The minimum absolute atomic E-state index is 0.0451. The molecule has 0 unspecified atom stereocenters. The largest absolute Gasteiger partial charge is 0.354 e. The number of rotatable bonds is 12. The highest BCUT2D eigenvalue weighted by atomic mass is 35.5. The van der Waals surface area contributed by atoms with E-state index in [1.54, 1.807) is 67.6 Å². The van der Waals surface area contributed by atoms with Gasteiger partial charge in [-0.05, 0) is 74.6 Å². The van der Waals surface area contributed by atoms with Crippen LogP contribution in [-0.4, -0.2) is 50.5 Å². The van der Waals surface area contributed by atoms with Gasteiger partial charge < -0.3 is 10.2 Å². The summed E-state index contributed by atoms with van der Waals surface area (Å²) in [4.78, 5) is 29.2. The predicted molar refractivity (Wildman–Crippen MR) is 159 cm³/mol. The molecule has 0 fully saturated rings. The number of anilines is 1. The molecule has 10 heteroatoms. The smallest absolute Gasteiger partial charge is 0.264 e. The molecule has 1 atom stereocenters. The Hall–Kier alpha value is -3.01. The lowest BCUT2D eigenvalue weighted by Gasteiger charge is -2.32. The van der Waals surface area contributed by atoms with Gasteiger partial charge >= 0.3 is 0 Å². The molecule has 0 heterocycles. The van der Waals surface area contributed by atoms with Crippen molar-refractivity contribution in [3.8, 4) is 0 Å². The zero-order valence-corrected chi connectivity index (χ0v) is 24.9. The van der Waals surface area contributed by atoms with E-state index in [2.05, 4.69) is 5.32 Å². The predicted octanol–water partition coefficient (Wildman–Crippen LogP) is 5.51. The maximum atomic E-state index is 13.9. The third kappa shape index (κ3) is 7.77. The molecule has 0 aromatic heterocycles. The quantitative estimate of drug-likeness (QED) is 0.282. The third-order valence-electron chi connectivity index (χ3n) is 6.26. The molecule has 3 aromatic rings. The molecule has 1 N–H and O–H groups in total. The number of halogens is 1. The van der Waals surface area contributed by atoms with E-state index in [0.29, 0.717) is 22.8 Å². The molecule has 3 aromatic carbocycles. The fourth-order valence-electron chi connectivity index (χ4n) is 3.90.